The zero-order valence-corrected chi connectivity index (χ0v) is 12.9. The summed E-state index contributed by atoms with van der Waals surface area (Å²) in [6.07, 6.45) is 0. The molecule has 0 unspecified atom stereocenters. The van der Waals surface area contributed by atoms with Gasteiger partial charge in [-0.05, 0) is 27.7 Å². The summed E-state index contributed by atoms with van der Waals surface area (Å²) in [5, 5.41) is 16.0. The van der Waals surface area contributed by atoms with Crippen LogP contribution in [0.4, 0.5) is 5.82 Å². The molecular formula is C14H19N7. The van der Waals surface area contributed by atoms with Crippen molar-refractivity contribution >= 4 is 16.9 Å². The highest BCUT2D eigenvalue weighted by molar-refractivity contribution is 5.89. The van der Waals surface area contributed by atoms with Crippen molar-refractivity contribution in [2.75, 3.05) is 5.32 Å². The summed E-state index contributed by atoms with van der Waals surface area (Å²) < 4.78 is 1.79. The zero-order chi connectivity index (χ0) is 15.1. The van der Waals surface area contributed by atoms with Crippen LogP contribution in [0.5, 0.6) is 0 Å². The Hall–Kier alpha value is -2.44. The Morgan fingerprint density at radius 1 is 1.10 bits per heavy atom. The molecule has 3 aromatic heterocycles. The number of aromatic nitrogens is 6. The summed E-state index contributed by atoms with van der Waals surface area (Å²) in [6, 6.07) is 0. The average molecular weight is 285 g/mol. The molecule has 0 aromatic carbocycles. The van der Waals surface area contributed by atoms with E-state index in [1.54, 1.807) is 4.68 Å². The molecular weight excluding hydrogens is 266 g/mol. The molecule has 7 nitrogen and oxygen atoms in total. The van der Waals surface area contributed by atoms with Crippen molar-refractivity contribution in [2.24, 2.45) is 7.05 Å². The Kier molecular flexibility index (Phi) is 3.12. The van der Waals surface area contributed by atoms with Crippen LogP contribution in [0.15, 0.2) is 0 Å². The van der Waals surface area contributed by atoms with Gasteiger partial charge in [0.05, 0.1) is 16.8 Å². The largest absolute Gasteiger partial charge is 0.365 e. The Morgan fingerprint density at radius 3 is 2.52 bits per heavy atom. The van der Waals surface area contributed by atoms with Crippen molar-refractivity contribution in [1.82, 2.24) is 29.9 Å². The third-order valence-electron chi connectivity index (χ3n) is 3.68. The highest BCUT2D eigenvalue weighted by Gasteiger charge is 2.14. The molecule has 0 fully saturated rings. The lowest BCUT2D eigenvalue weighted by molar-refractivity contribution is 0.771. The SMILES string of the molecule is Cc1nc(NCc2c(C)n[nH]c2C)c2c(C)nn(C)c2n1. The van der Waals surface area contributed by atoms with Gasteiger partial charge < -0.3 is 5.32 Å². The molecule has 3 aromatic rings. The normalized spacial score (nSPS) is 11.3. The molecule has 21 heavy (non-hydrogen) atoms. The Balaban J connectivity index is 2.01. The lowest BCUT2D eigenvalue weighted by Gasteiger charge is -2.08. The van der Waals surface area contributed by atoms with Crippen LogP contribution in [0.25, 0.3) is 11.0 Å². The first-order valence-electron chi connectivity index (χ1n) is 6.89. The van der Waals surface area contributed by atoms with E-state index < -0.39 is 0 Å². The molecule has 0 amide bonds. The second-order valence-electron chi connectivity index (χ2n) is 5.29. The van der Waals surface area contributed by atoms with Gasteiger partial charge in [-0.15, -0.1) is 0 Å². The Bertz CT molecular complexity index is 793. The maximum absolute atomic E-state index is 4.53. The molecule has 0 spiro atoms. The van der Waals surface area contributed by atoms with Crippen molar-refractivity contribution in [2.45, 2.75) is 34.2 Å². The third-order valence-corrected chi connectivity index (χ3v) is 3.68. The molecule has 110 valence electrons. The van der Waals surface area contributed by atoms with Gasteiger partial charge in [-0.25, -0.2) is 9.97 Å². The summed E-state index contributed by atoms with van der Waals surface area (Å²) in [5.74, 6) is 1.55. The van der Waals surface area contributed by atoms with Crippen LogP contribution in [0, 0.1) is 27.7 Å². The number of hydrogen-bond acceptors (Lipinski definition) is 5. The van der Waals surface area contributed by atoms with E-state index in [2.05, 4.69) is 30.6 Å². The molecule has 3 heterocycles. The molecule has 0 saturated carbocycles. The fourth-order valence-electron chi connectivity index (χ4n) is 2.58. The lowest BCUT2D eigenvalue weighted by atomic mass is 10.2. The number of H-pyrrole nitrogens is 1. The van der Waals surface area contributed by atoms with Crippen LogP contribution in [0.3, 0.4) is 0 Å². The number of aromatic amines is 1. The smallest absolute Gasteiger partial charge is 0.163 e. The van der Waals surface area contributed by atoms with Gasteiger partial charge in [0.1, 0.15) is 11.6 Å². The molecule has 0 saturated heterocycles. The molecule has 0 atom stereocenters. The zero-order valence-electron chi connectivity index (χ0n) is 12.9. The van der Waals surface area contributed by atoms with E-state index in [1.165, 1.54) is 5.56 Å². The van der Waals surface area contributed by atoms with E-state index in [9.17, 15) is 0 Å². The van der Waals surface area contributed by atoms with E-state index in [0.29, 0.717) is 6.54 Å². The van der Waals surface area contributed by atoms with E-state index >= 15 is 0 Å². The number of nitrogens with zero attached hydrogens (tertiary/aromatic N) is 5. The van der Waals surface area contributed by atoms with Crippen LogP contribution in [-0.2, 0) is 13.6 Å². The van der Waals surface area contributed by atoms with Crippen LogP contribution in [0.1, 0.15) is 28.5 Å². The summed E-state index contributed by atoms with van der Waals surface area (Å²) in [5.41, 5.74) is 5.02. The van der Waals surface area contributed by atoms with Crippen LogP contribution in [0.2, 0.25) is 0 Å². The topological polar surface area (TPSA) is 84.3 Å². The number of anilines is 1. The minimum Gasteiger partial charge on any atom is -0.365 e. The molecule has 7 heteroatoms. The van der Waals surface area contributed by atoms with Gasteiger partial charge in [0, 0.05) is 24.8 Å². The van der Waals surface area contributed by atoms with Crippen molar-refractivity contribution in [3.8, 4) is 0 Å². The van der Waals surface area contributed by atoms with Crippen molar-refractivity contribution in [3.63, 3.8) is 0 Å². The third kappa shape index (κ3) is 2.24. The quantitative estimate of drug-likeness (QED) is 0.768. The molecule has 0 aliphatic carbocycles. The minimum atomic E-state index is 0.675. The first kappa shape index (κ1) is 13.5. The maximum atomic E-state index is 4.53. The fourth-order valence-corrected chi connectivity index (χ4v) is 2.58. The number of fused-ring (bicyclic) bond motifs is 1. The van der Waals surface area contributed by atoms with Crippen molar-refractivity contribution < 1.29 is 0 Å². The van der Waals surface area contributed by atoms with Crippen LogP contribution in [-0.4, -0.2) is 29.9 Å². The standard InChI is InChI=1S/C14H19N7/c1-7-11(8(2)19-18-7)6-15-13-12-9(3)20-21(5)14(12)17-10(4)16-13/h6H2,1-5H3,(H,18,19)(H,15,16,17). The van der Waals surface area contributed by atoms with Gasteiger partial charge in [0.15, 0.2) is 5.65 Å². The second kappa shape index (κ2) is 4.83. The van der Waals surface area contributed by atoms with E-state index in [-0.39, 0.29) is 0 Å². The molecule has 0 aliphatic heterocycles. The van der Waals surface area contributed by atoms with Gasteiger partial charge in [-0.2, -0.15) is 10.2 Å². The van der Waals surface area contributed by atoms with Gasteiger partial charge in [-0.1, -0.05) is 0 Å². The molecule has 0 bridgehead atoms. The number of nitrogens with one attached hydrogen (secondary N) is 2. The Morgan fingerprint density at radius 2 is 1.86 bits per heavy atom. The van der Waals surface area contributed by atoms with Gasteiger partial charge in [0.2, 0.25) is 0 Å². The monoisotopic (exact) mass is 285 g/mol. The van der Waals surface area contributed by atoms with E-state index in [1.807, 2.05) is 34.7 Å². The first-order chi connectivity index (χ1) is 9.97. The fraction of sp³-hybridized carbons (Fsp3) is 0.429. The van der Waals surface area contributed by atoms with Crippen molar-refractivity contribution in [3.05, 3.63) is 28.5 Å². The molecule has 0 aliphatic rings. The Labute approximate surface area is 122 Å². The average Bonchev–Trinajstić information content (AvgIpc) is 2.88. The summed E-state index contributed by atoms with van der Waals surface area (Å²) in [6.45, 7) is 8.56. The van der Waals surface area contributed by atoms with Crippen LogP contribution < -0.4 is 5.32 Å². The highest BCUT2D eigenvalue weighted by atomic mass is 15.3. The number of hydrogen-bond donors (Lipinski definition) is 2. The van der Waals surface area contributed by atoms with Crippen molar-refractivity contribution in [1.29, 1.82) is 0 Å². The molecule has 2 N–H and O–H groups in total. The highest BCUT2D eigenvalue weighted by Crippen LogP contribution is 2.24. The second-order valence-corrected chi connectivity index (χ2v) is 5.29. The van der Waals surface area contributed by atoms with Crippen LogP contribution >= 0.6 is 0 Å². The summed E-state index contributed by atoms with van der Waals surface area (Å²) in [4.78, 5) is 9.00. The predicted molar refractivity (Wildman–Crippen MR) is 81.2 cm³/mol. The number of rotatable bonds is 3. The first-order valence-corrected chi connectivity index (χ1v) is 6.89. The lowest BCUT2D eigenvalue weighted by Crippen LogP contribution is -2.06. The predicted octanol–water partition coefficient (Wildman–Crippen LogP) is 1.93. The molecule has 3 rings (SSSR count). The maximum Gasteiger partial charge on any atom is 0.163 e. The summed E-state index contributed by atoms with van der Waals surface area (Å²) >= 11 is 0. The number of aryl methyl sites for hydroxylation is 5. The molecule has 0 radical (unpaired) electrons. The van der Waals surface area contributed by atoms with Gasteiger partial charge >= 0.3 is 0 Å². The van der Waals surface area contributed by atoms with E-state index in [0.717, 1.165) is 39.8 Å². The summed E-state index contributed by atoms with van der Waals surface area (Å²) in [7, 11) is 1.90. The minimum absolute atomic E-state index is 0.675. The van der Waals surface area contributed by atoms with E-state index in [4.69, 9.17) is 0 Å². The van der Waals surface area contributed by atoms with Gasteiger partial charge in [-0.3, -0.25) is 9.78 Å². The van der Waals surface area contributed by atoms with Gasteiger partial charge in [0.25, 0.3) is 0 Å².